The van der Waals surface area contributed by atoms with Gasteiger partial charge in [-0.15, -0.1) is 11.3 Å². The Morgan fingerprint density at radius 1 is 1.08 bits per heavy atom. The van der Waals surface area contributed by atoms with E-state index in [-0.39, 0.29) is 5.69 Å². The summed E-state index contributed by atoms with van der Waals surface area (Å²) in [6.07, 6.45) is 1.66. The molecule has 0 bridgehead atoms. The zero-order valence-corrected chi connectivity index (χ0v) is 15.4. The Bertz CT molecular complexity index is 904. The molecule has 3 rings (SSSR count). The summed E-state index contributed by atoms with van der Waals surface area (Å²) in [7, 11) is 1.59. The lowest BCUT2D eigenvalue weighted by Gasteiger charge is -2.05. The Morgan fingerprint density at radius 2 is 1.80 bits per heavy atom. The fraction of sp³-hybridized carbons (Fsp3) is 0.0625. The maximum atomic E-state index is 12.1. The van der Waals surface area contributed by atoms with E-state index < -0.39 is 11.8 Å². The highest BCUT2D eigenvalue weighted by molar-refractivity contribution is 9.11. The molecule has 0 unspecified atom stereocenters. The van der Waals surface area contributed by atoms with Crippen LogP contribution in [0.15, 0.2) is 52.4 Å². The average molecular weight is 421 g/mol. The molecule has 0 aliphatic heterocycles. The zero-order valence-electron chi connectivity index (χ0n) is 13.0. The topological polar surface area (TPSA) is 85.2 Å². The van der Waals surface area contributed by atoms with Gasteiger partial charge in [-0.25, -0.2) is 4.68 Å². The molecule has 25 heavy (non-hydrogen) atoms. The number of carbonyl (C=O) groups excluding carboxylic acids is 2. The number of hydrogen-bond donors (Lipinski definition) is 2. The lowest BCUT2D eigenvalue weighted by molar-refractivity contribution is 0.0846. The molecule has 3 aromatic rings. The number of hydrogen-bond acceptors (Lipinski definition) is 5. The van der Waals surface area contributed by atoms with E-state index in [1.165, 1.54) is 11.3 Å². The van der Waals surface area contributed by atoms with Crippen molar-refractivity contribution in [1.82, 2.24) is 20.6 Å². The van der Waals surface area contributed by atoms with Crippen molar-refractivity contribution in [2.24, 2.45) is 0 Å². The van der Waals surface area contributed by atoms with Crippen LogP contribution in [-0.4, -0.2) is 28.7 Å². The highest BCUT2D eigenvalue weighted by Gasteiger charge is 2.13. The van der Waals surface area contributed by atoms with Gasteiger partial charge in [0.1, 0.15) is 5.75 Å². The van der Waals surface area contributed by atoms with E-state index in [1.807, 2.05) is 12.1 Å². The molecule has 0 saturated heterocycles. The van der Waals surface area contributed by atoms with Gasteiger partial charge in [0.2, 0.25) is 0 Å². The van der Waals surface area contributed by atoms with Crippen LogP contribution >= 0.6 is 27.3 Å². The van der Waals surface area contributed by atoms with Crippen molar-refractivity contribution in [3.63, 3.8) is 0 Å². The number of carbonyl (C=O) groups is 2. The summed E-state index contributed by atoms with van der Waals surface area (Å²) in [5, 5.41) is 4.20. The van der Waals surface area contributed by atoms with E-state index in [2.05, 4.69) is 31.9 Å². The summed E-state index contributed by atoms with van der Waals surface area (Å²) >= 11 is 4.55. The van der Waals surface area contributed by atoms with Gasteiger partial charge in [0, 0.05) is 6.20 Å². The van der Waals surface area contributed by atoms with Gasteiger partial charge in [-0.2, -0.15) is 5.10 Å². The molecule has 2 N–H and O–H groups in total. The summed E-state index contributed by atoms with van der Waals surface area (Å²) in [6, 6.07) is 12.2. The molecule has 7 nitrogen and oxygen atoms in total. The van der Waals surface area contributed by atoms with Crippen LogP contribution in [0.2, 0.25) is 0 Å². The molecule has 0 atom stereocenters. The molecule has 0 aliphatic carbocycles. The Kier molecular flexibility index (Phi) is 5.15. The standard InChI is InChI=1S/C16H13BrN4O3S/c1-24-11-4-2-10(3-5-11)21-9-8-12(20-21)15(22)18-19-16(23)13-6-7-14(17)25-13/h2-9H,1H3,(H,18,22)(H,19,23). The molecule has 0 spiro atoms. The van der Waals surface area contributed by atoms with Crippen molar-refractivity contribution >= 4 is 39.1 Å². The predicted octanol–water partition coefficient (Wildman–Crippen LogP) is 2.78. The Morgan fingerprint density at radius 3 is 2.44 bits per heavy atom. The molecule has 0 saturated carbocycles. The van der Waals surface area contributed by atoms with Crippen LogP contribution in [0, 0.1) is 0 Å². The van der Waals surface area contributed by atoms with E-state index in [1.54, 1.807) is 48.3 Å². The van der Waals surface area contributed by atoms with Gasteiger partial charge in [-0.3, -0.25) is 20.4 Å². The normalized spacial score (nSPS) is 10.3. The molecule has 0 fully saturated rings. The van der Waals surface area contributed by atoms with Crippen molar-refractivity contribution in [2.45, 2.75) is 0 Å². The largest absolute Gasteiger partial charge is 0.497 e. The van der Waals surface area contributed by atoms with Crippen LogP contribution in [0.1, 0.15) is 20.2 Å². The summed E-state index contributed by atoms with van der Waals surface area (Å²) in [4.78, 5) is 24.5. The minimum atomic E-state index is -0.503. The number of nitrogens with one attached hydrogen (secondary N) is 2. The molecule has 2 heterocycles. The molecular formula is C16H13BrN4O3S. The predicted molar refractivity (Wildman–Crippen MR) is 97.1 cm³/mol. The van der Waals surface area contributed by atoms with Crippen LogP contribution in [0.25, 0.3) is 5.69 Å². The third-order valence-corrected chi connectivity index (χ3v) is 4.87. The number of amides is 2. The summed E-state index contributed by atoms with van der Waals surface area (Å²) < 4.78 is 7.50. The molecule has 128 valence electrons. The number of halogens is 1. The van der Waals surface area contributed by atoms with Crippen LogP contribution in [0.4, 0.5) is 0 Å². The third kappa shape index (κ3) is 4.06. The maximum absolute atomic E-state index is 12.1. The van der Waals surface area contributed by atoms with Crippen molar-refractivity contribution < 1.29 is 14.3 Å². The van der Waals surface area contributed by atoms with Gasteiger partial charge < -0.3 is 4.74 Å². The fourth-order valence-corrected chi connectivity index (χ4v) is 3.28. The number of methoxy groups -OCH3 is 1. The summed E-state index contributed by atoms with van der Waals surface area (Å²) in [5.74, 6) is -0.160. The SMILES string of the molecule is COc1ccc(-n2ccc(C(=O)NNC(=O)c3ccc(Br)s3)n2)cc1. The highest BCUT2D eigenvalue weighted by Crippen LogP contribution is 2.21. The van der Waals surface area contributed by atoms with E-state index >= 15 is 0 Å². The Balaban J connectivity index is 1.63. The van der Waals surface area contributed by atoms with Crippen molar-refractivity contribution in [1.29, 1.82) is 0 Å². The minimum absolute atomic E-state index is 0.184. The monoisotopic (exact) mass is 420 g/mol. The molecular weight excluding hydrogens is 408 g/mol. The summed E-state index contributed by atoms with van der Waals surface area (Å²) in [6.45, 7) is 0. The van der Waals surface area contributed by atoms with Gasteiger partial charge in [-0.05, 0) is 58.4 Å². The van der Waals surface area contributed by atoms with E-state index in [9.17, 15) is 9.59 Å². The lowest BCUT2D eigenvalue weighted by Crippen LogP contribution is -2.41. The first-order valence-electron chi connectivity index (χ1n) is 7.13. The zero-order chi connectivity index (χ0) is 17.8. The molecule has 1 aromatic carbocycles. The quantitative estimate of drug-likeness (QED) is 0.635. The number of hydrazine groups is 1. The van der Waals surface area contributed by atoms with Crippen molar-refractivity contribution in [3.05, 3.63) is 63.0 Å². The van der Waals surface area contributed by atoms with Crippen molar-refractivity contribution in [3.8, 4) is 11.4 Å². The van der Waals surface area contributed by atoms with Crippen LogP contribution in [0.3, 0.4) is 0 Å². The number of aromatic nitrogens is 2. The van der Waals surface area contributed by atoms with E-state index in [0.717, 1.165) is 15.2 Å². The van der Waals surface area contributed by atoms with Gasteiger partial charge in [0.15, 0.2) is 5.69 Å². The highest BCUT2D eigenvalue weighted by atomic mass is 79.9. The first kappa shape index (κ1) is 17.2. The molecule has 0 radical (unpaired) electrons. The first-order valence-corrected chi connectivity index (χ1v) is 8.74. The van der Waals surface area contributed by atoms with E-state index in [4.69, 9.17) is 4.74 Å². The minimum Gasteiger partial charge on any atom is -0.497 e. The lowest BCUT2D eigenvalue weighted by atomic mass is 10.3. The average Bonchev–Trinajstić information content (AvgIpc) is 3.29. The molecule has 2 amide bonds. The number of rotatable bonds is 4. The number of benzene rings is 1. The van der Waals surface area contributed by atoms with Crippen molar-refractivity contribution in [2.75, 3.05) is 7.11 Å². The second-order valence-corrected chi connectivity index (χ2v) is 7.32. The van der Waals surface area contributed by atoms with Gasteiger partial charge in [0.25, 0.3) is 11.8 Å². The summed E-state index contributed by atoms with van der Waals surface area (Å²) in [5.41, 5.74) is 5.67. The molecule has 2 aromatic heterocycles. The first-order chi connectivity index (χ1) is 12.1. The Labute approximate surface area is 155 Å². The van der Waals surface area contributed by atoms with E-state index in [0.29, 0.717) is 4.88 Å². The van der Waals surface area contributed by atoms with Crippen LogP contribution < -0.4 is 15.6 Å². The van der Waals surface area contributed by atoms with Gasteiger partial charge in [-0.1, -0.05) is 0 Å². The Hall–Kier alpha value is -2.65. The fourth-order valence-electron chi connectivity index (χ4n) is 2.00. The van der Waals surface area contributed by atoms with Crippen LogP contribution in [-0.2, 0) is 0 Å². The number of ether oxygens (including phenoxy) is 1. The third-order valence-electron chi connectivity index (χ3n) is 3.25. The maximum Gasteiger partial charge on any atom is 0.290 e. The van der Waals surface area contributed by atoms with Gasteiger partial charge in [0.05, 0.1) is 21.5 Å². The molecule has 9 heteroatoms. The smallest absolute Gasteiger partial charge is 0.290 e. The molecule has 0 aliphatic rings. The van der Waals surface area contributed by atoms with Gasteiger partial charge >= 0.3 is 0 Å². The number of thiophene rings is 1. The second-order valence-electron chi connectivity index (χ2n) is 4.86. The number of nitrogens with zero attached hydrogens (tertiary/aromatic N) is 2. The van der Waals surface area contributed by atoms with Crippen LogP contribution in [0.5, 0.6) is 5.75 Å². The second kappa shape index (κ2) is 7.49.